The Bertz CT molecular complexity index is 1580. The number of nitrogens with one attached hydrogen (secondary N) is 1. The van der Waals surface area contributed by atoms with E-state index in [1.54, 1.807) is 0 Å². The van der Waals surface area contributed by atoms with Gasteiger partial charge in [-0.1, -0.05) is 0 Å². The van der Waals surface area contributed by atoms with Gasteiger partial charge in [-0.2, -0.15) is 0 Å². The Labute approximate surface area is 248 Å². The molecule has 8 heteroatoms. The van der Waals surface area contributed by atoms with E-state index < -0.39 is 20.4 Å². The smallest absolute Gasteiger partial charge is 1.00 e. The van der Waals surface area contributed by atoms with Gasteiger partial charge in [0.1, 0.15) is 0 Å². The maximum atomic E-state index is 5.18. The molecule has 38 heavy (non-hydrogen) atoms. The number of quaternary nitrogens is 1. The zero-order valence-corrected chi connectivity index (χ0v) is 26.4. The van der Waals surface area contributed by atoms with Gasteiger partial charge in [0.2, 0.25) is 0 Å². The van der Waals surface area contributed by atoms with E-state index in [4.69, 9.17) is 9.97 Å². The summed E-state index contributed by atoms with van der Waals surface area (Å²) >= 11 is -1.72. The quantitative estimate of drug-likeness (QED) is 0.172. The number of alkyl halides is 1. The molecule has 5 aromatic rings. The number of rotatable bonds is 2. The molecule has 0 saturated carbocycles. The Morgan fingerprint density at radius 3 is 2.13 bits per heavy atom. The number of nitrogens with zero attached hydrogens (tertiary/aromatic N) is 5. The molecule has 0 amide bonds. The van der Waals surface area contributed by atoms with Gasteiger partial charge in [0.15, 0.2) is 0 Å². The van der Waals surface area contributed by atoms with Crippen molar-refractivity contribution in [1.82, 2.24) is 9.97 Å². The van der Waals surface area contributed by atoms with E-state index in [1.807, 2.05) is 0 Å². The fourth-order valence-corrected chi connectivity index (χ4v) is 9.77. The molecule has 194 valence electrons. The largest absolute Gasteiger partial charge is 1.00 e. The molecule has 0 radical (unpaired) electrons. The van der Waals surface area contributed by atoms with Crippen LogP contribution in [0.3, 0.4) is 0 Å². The monoisotopic (exact) mass is 728 g/mol. The molecule has 1 N–H and O–H groups in total. The predicted octanol–water partition coefficient (Wildman–Crippen LogP) is 3.29. The van der Waals surface area contributed by atoms with E-state index in [0.717, 1.165) is 22.7 Å². The minimum atomic E-state index is -1.72. The minimum Gasteiger partial charge on any atom is -1.00 e. The topological polar surface area (TPSA) is 39.9 Å². The van der Waals surface area contributed by atoms with Crippen molar-refractivity contribution < 1.29 is 28.9 Å². The molecule has 4 heterocycles. The summed E-state index contributed by atoms with van der Waals surface area (Å²) in [6, 6.07) is 28.2. The van der Waals surface area contributed by atoms with E-state index in [9.17, 15) is 0 Å². The zero-order chi connectivity index (χ0) is 25.4. The van der Waals surface area contributed by atoms with Gasteiger partial charge in [-0.25, -0.2) is 0 Å². The fraction of sp³-hybridized carbons (Fsp3) is 0.200. The van der Waals surface area contributed by atoms with Gasteiger partial charge < -0.3 is 24.0 Å². The van der Waals surface area contributed by atoms with Gasteiger partial charge in [0.25, 0.3) is 0 Å². The number of fused-ring (bicyclic) bond motifs is 4. The second kappa shape index (κ2) is 9.49. The maximum absolute atomic E-state index is 5.18. The number of benzene rings is 3. The van der Waals surface area contributed by atoms with Crippen LogP contribution in [0.1, 0.15) is 12.5 Å². The van der Waals surface area contributed by atoms with Crippen LogP contribution in [0.5, 0.6) is 0 Å². The number of hydrogen-bond donors (Lipinski definition) is 1. The van der Waals surface area contributed by atoms with Crippen LogP contribution in [0.15, 0.2) is 78.9 Å². The third-order valence-corrected chi connectivity index (χ3v) is 12.9. The third-order valence-electron chi connectivity index (χ3n) is 7.96. The number of pyridine rings is 2. The summed E-state index contributed by atoms with van der Waals surface area (Å²) in [4.78, 5) is 16.4. The van der Waals surface area contributed by atoms with Crippen molar-refractivity contribution in [2.45, 2.75) is 20.0 Å². The fourth-order valence-electron chi connectivity index (χ4n) is 5.73. The van der Waals surface area contributed by atoms with Crippen molar-refractivity contribution in [2.75, 3.05) is 30.2 Å². The molecular weight excluding hydrogens is 698 g/mol. The van der Waals surface area contributed by atoms with E-state index in [-0.39, 0.29) is 30.1 Å². The zero-order valence-electron chi connectivity index (χ0n) is 22.1. The van der Waals surface area contributed by atoms with Crippen LogP contribution in [0, 0.1) is 6.92 Å². The van der Waals surface area contributed by atoms with Gasteiger partial charge in [0.05, 0.1) is 0 Å². The second-order valence-electron chi connectivity index (χ2n) is 9.89. The molecule has 2 aliphatic heterocycles. The van der Waals surface area contributed by atoms with Crippen molar-refractivity contribution in [3.8, 4) is 0 Å². The second-order valence-corrected chi connectivity index (χ2v) is 14.7. The summed E-state index contributed by atoms with van der Waals surface area (Å²) in [6.45, 7) is 4.56. The van der Waals surface area contributed by atoms with E-state index in [2.05, 4.69) is 123 Å². The molecule has 0 bridgehead atoms. The Kier molecular flexibility index (Phi) is 6.39. The molecule has 6 nitrogen and oxygen atoms in total. The average Bonchev–Trinajstić information content (AvgIpc) is 3.30. The van der Waals surface area contributed by atoms with Crippen molar-refractivity contribution in [3.05, 3.63) is 84.4 Å². The van der Waals surface area contributed by atoms with Crippen molar-refractivity contribution >= 4 is 76.6 Å². The summed E-state index contributed by atoms with van der Waals surface area (Å²) in [7, 11) is 4.41. The first-order valence-corrected chi connectivity index (χ1v) is 16.7. The summed E-state index contributed by atoms with van der Waals surface area (Å²) < 4.78 is 5.02. The van der Waals surface area contributed by atoms with Gasteiger partial charge in [-0.3, -0.25) is 0 Å². The van der Waals surface area contributed by atoms with Crippen LogP contribution in [-0.4, -0.2) is 35.2 Å². The van der Waals surface area contributed by atoms with E-state index in [1.165, 1.54) is 44.0 Å². The van der Waals surface area contributed by atoms with Gasteiger partial charge in [-0.05, 0) is 0 Å². The SMILES string of the molecule is Cc1c(N2c3nc4ccccc4cc3N(C)I2C)cccc1[NH+]1c2nc3ccccc3cc2N(C)[C@@H]1C.[I-]. The normalized spacial score (nSPS) is 19.2. The van der Waals surface area contributed by atoms with E-state index >= 15 is 0 Å². The predicted molar refractivity (Wildman–Crippen MR) is 163 cm³/mol. The van der Waals surface area contributed by atoms with Gasteiger partial charge in [0, 0.05) is 0 Å². The molecule has 2 aliphatic rings. The maximum Gasteiger partial charge on any atom is -1.00 e. The van der Waals surface area contributed by atoms with Crippen LogP contribution in [-0.2, 0) is 0 Å². The molecule has 2 atom stereocenters. The first kappa shape index (κ1) is 25.6. The van der Waals surface area contributed by atoms with Crippen LogP contribution in [0.2, 0.25) is 0 Å². The molecule has 7 rings (SSSR count). The minimum absolute atomic E-state index is 0. The molecule has 0 saturated heterocycles. The Morgan fingerprint density at radius 2 is 1.42 bits per heavy atom. The Morgan fingerprint density at radius 1 is 0.789 bits per heavy atom. The summed E-state index contributed by atoms with van der Waals surface area (Å²) in [5, 5.41) is 2.38. The van der Waals surface area contributed by atoms with Gasteiger partial charge in [-0.15, -0.1) is 0 Å². The Balaban J connectivity index is 0.00000264. The number of anilines is 4. The molecule has 0 aliphatic carbocycles. The van der Waals surface area contributed by atoms with Crippen LogP contribution < -0.4 is 40.0 Å². The third kappa shape index (κ3) is 3.67. The van der Waals surface area contributed by atoms with Crippen molar-refractivity contribution in [3.63, 3.8) is 0 Å². The number of halogens is 2. The Hall–Kier alpha value is -2.70. The standard InChI is InChI=1S/C30H29IN6.HI/c1-19-25(36-20(2)34(4)27-17-21-11-6-8-13-23(21)32-29(27)36)15-10-16-26(19)37-30-28(35(5)31(37)3)18-22-12-7-9-14-24(22)33-30;/h6-18,20H,1-5H3;1H/t20-;/m0./s1. The van der Waals surface area contributed by atoms with Crippen LogP contribution >= 0.6 is 20.4 Å². The first-order valence-electron chi connectivity index (χ1n) is 12.6. The summed E-state index contributed by atoms with van der Waals surface area (Å²) in [6.07, 6.45) is 0.236. The average molecular weight is 728 g/mol. The van der Waals surface area contributed by atoms with Gasteiger partial charge >= 0.3 is 226 Å². The summed E-state index contributed by atoms with van der Waals surface area (Å²) in [5.41, 5.74) is 8.36. The molecule has 3 aromatic carbocycles. The van der Waals surface area contributed by atoms with Crippen molar-refractivity contribution in [1.29, 1.82) is 0 Å². The molecule has 0 fully saturated rings. The van der Waals surface area contributed by atoms with Crippen molar-refractivity contribution in [2.24, 2.45) is 0 Å². The summed E-state index contributed by atoms with van der Waals surface area (Å²) in [5.74, 6) is 2.18. The van der Waals surface area contributed by atoms with Crippen LogP contribution in [0.4, 0.5) is 34.4 Å². The molecule has 2 aromatic heterocycles. The number of hydrogen-bond acceptors (Lipinski definition) is 5. The molecule has 1 unspecified atom stereocenters. The molecular formula is C30H30I2N6. The van der Waals surface area contributed by atoms with E-state index in [0.29, 0.717) is 0 Å². The van der Waals surface area contributed by atoms with Crippen LogP contribution in [0.25, 0.3) is 21.8 Å². The number of para-hydroxylation sites is 2. The first-order chi connectivity index (χ1) is 17.9. The molecule has 0 spiro atoms. The number of aromatic nitrogens is 2.